The molecule has 0 aliphatic carbocycles. The molecule has 28 heavy (non-hydrogen) atoms. The van der Waals surface area contributed by atoms with Crippen LogP contribution in [0.4, 0.5) is 0 Å². The van der Waals surface area contributed by atoms with Gasteiger partial charge in [0.25, 0.3) is 5.91 Å². The quantitative estimate of drug-likeness (QED) is 0.210. The number of nitrogens with zero attached hydrogens (tertiary/aromatic N) is 1. The molecule has 1 aromatic carbocycles. The Bertz CT molecular complexity index is 866. The van der Waals surface area contributed by atoms with E-state index in [4.69, 9.17) is 4.42 Å². The second-order valence-electron chi connectivity index (χ2n) is 5.83. The number of carbonyl (C=O) groups is 1. The summed E-state index contributed by atoms with van der Waals surface area (Å²) < 4.78 is 27.9. The molecule has 0 spiro atoms. The molecule has 2 aromatic rings. The van der Waals surface area contributed by atoms with E-state index in [2.05, 4.69) is 20.9 Å². The van der Waals surface area contributed by atoms with E-state index < -0.39 is 9.84 Å². The molecular weight excluding hydrogens is 495 g/mol. The summed E-state index contributed by atoms with van der Waals surface area (Å²) in [6.45, 7) is 1.57. The van der Waals surface area contributed by atoms with Crippen molar-refractivity contribution in [3.63, 3.8) is 0 Å². The van der Waals surface area contributed by atoms with Crippen LogP contribution in [0.1, 0.15) is 16.1 Å². The van der Waals surface area contributed by atoms with Crippen molar-refractivity contribution in [3.8, 4) is 0 Å². The molecule has 10 heteroatoms. The van der Waals surface area contributed by atoms with Crippen molar-refractivity contribution in [3.05, 3.63) is 54.0 Å². The van der Waals surface area contributed by atoms with Crippen molar-refractivity contribution in [2.75, 3.05) is 32.9 Å². The highest BCUT2D eigenvalue weighted by molar-refractivity contribution is 14.0. The topological polar surface area (TPSA) is 113 Å². The van der Waals surface area contributed by atoms with Crippen LogP contribution >= 0.6 is 24.0 Å². The minimum Gasteiger partial charge on any atom is -0.459 e. The summed E-state index contributed by atoms with van der Waals surface area (Å²) in [4.78, 5) is 16.1. The van der Waals surface area contributed by atoms with E-state index >= 15 is 0 Å². The molecule has 1 heterocycles. The van der Waals surface area contributed by atoms with Gasteiger partial charge in [0.15, 0.2) is 21.6 Å². The Hall–Kier alpha value is -2.08. The molecular formula is C18H25IN4O4S. The molecule has 2 rings (SSSR count). The molecule has 0 aliphatic heterocycles. The summed E-state index contributed by atoms with van der Waals surface area (Å²) in [5.74, 6) is 0.636. The number of sulfone groups is 1. The van der Waals surface area contributed by atoms with Gasteiger partial charge in [0.1, 0.15) is 0 Å². The SMILES string of the molecule is CN=C(NCCNC(=O)c1ccco1)NCCc1ccc(S(C)(=O)=O)cc1.I. The lowest BCUT2D eigenvalue weighted by molar-refractivity contribution is 0.0926. The number of amides is 1. The monoisotopic (exact) mass is 520 g/mol. The number of furan rings is 1. The summed E-state index contributed by atoms with van der Waals surface area (Å²) in [5.41, 5.74) is 1.02. The Morgan fingerprint density at radius 3 is 2.25 bits per heavy atom. The summed E-state index contributed by atoms with van der Waals surface area (Å²) in [6, 6.07) is 10.1. The molecule has 0 radical (unpaired) electrons. The lowest BCUT2D eigenvalue weighted by Gasteiger charge is -2.12. The third-order valence-electron chi connectivity index (χ3n) is 3.73. The van der Waals surface area contributed by atoms with E-state index in [9.17, 15) is 13.2 Å². The molecule has 154 valence electrons. The van der Waals surface area contributed by atoms with E-state index in [-0.39, 0.29) is 35.6 Å². The third kappa shape index (κ3) is 7.89. The molecule has 0 saturated carbocycles. The van der Waals surface area contributed by atoms with Gasteiger partial charge < -0.3 is 20.4 Å². The number of hydrogen-bond donors (Lipinski definition) is 3. The summed E-state index contributed by atoms with van der Waals surface area (Å²) >= 11 is 0. The van der Waals surface area contributed by atoms with Crippen LogP contribution in [0.3, 0.4) is 0 Å². The fourth-order valence-electron chi connectivity index (χ4n) is 2.30. The van der Waals surface area contributed by atoms with Gasteiger partial charge in [-0.15, -0.1) is 24.0 Å². The smallest absolute Gasteiger partial charge is 0.287 e. The van der Waals surface area contributed by atoms with Crippen molar-refractivity contribution in [2.45, 2.75) is 11.3 Å². The maximum Gasteiger partial charge on any atom is 0.287 e. The Morgan fingerprint density at radius 2 is 1.68 bits per heavy atom. The number of guanidine groups is 1. The van der Waals surface area contributed by atoms with Crippen LogP contribution in [0.15, 0.2) is 57.0 Å². The standard InChI is InChI=1S/C18H24N4O4S.HI/c1-19-18(22-12-11-20-17(23)16-4-3-13-26-16)21-10-9-14-5-7-15(8-6-14)27(2,24)25;/h3-8,13H,9-12H2,1-2H3,(H,20,23)(H2,19,21,22);1H. The van der Waals surface area contributed by atoms with Gasteiger partial charge in [0.2, 0.25) is 0 Å². The molecule has 0 saturated heterocycles. The molecule has 0 unspecified atom stereocenters. The van der Waals surface area contributed by atoms with Crippen LogP contribution in [-0.2, 0) is 16.3 Å². The molecule has 1 amide bonds. The lowest BCUT2D eigenvalue weighted by Crippen LogP contribution is -2.42. The van der Waals surface area contributed by atoms with Crippen LogP contribution in [0, 0.1) is 0 Å². The van der Waals surface area contributed by atoms with Gasteiger partial charge in [-0.05, 0) is 36.2 Å². The highest BCUT2D eigenvalue weighted by Crippen LogP contribution is 2.10. The summed E-state index contributed by atoms with van der Waals surface area (Å²) in [7, 11) is -1.51. The number of carbonyl (C=O) groups excluding carboxylic acids is 1. The van der Waals surface area contributed by atoms with Gasteiger partial charge in [-0.1, -0.05) is 12.1 Å². The van der Waals surface area contributed by atoms with Crippen molar-refractivity contribution < 1.29 is 17.6 Å². The fraction of sp³-hybridized carbons (Fsp3) is 0.333. The molecule has 0 fully saturated rings. The normalized spacial score (nSPS) is 11.4. The number of halogens is 1. The fourth-order valence-corrected chi connectivity index (χ4v) is 2.93. The van der Waals surface area contributed by atoms with E-state index in [0.29, 0.717) is 30.5 Å². The first-order valence-electron chi connectivity index (χ1n) is 8.45. The minimum atomic E-state index is -3.17. The van der Waals surface area contributed by atoms with Crippen molar-refractivity contribution in [1.29, 1.82) is 0 Å². The maximum absolute atomic E-state index is 11.7. The largest absolute Gasteiger partial charge is 0.459 e. The second-order valence-corrected chi connectivity index (χ2v) is 7.84. The Balaban J connectivity index is 0.00000392. The van der Waals surface area contributed by atoms with Crippen molar-refractivity contribution in [2.24, 2.45) is 4.99 Å². The first kappa shape index (κ1) is 24.0. The molecule has 8 nitrogen and oxygen atoms in total. The van der Waals surface area contributed by atoms with Gasteiger partial charge in [0, 0.05) is 32.9 Å². The Kier molecular flexibility index (Phi) is 10.0. The van der Waals surface area contributed by atoms with Crippen LogP contribution < -0.4 is 16.0 Å². The number of hydrogen-bond acceptors (Lipinski definition) is 5. The predicted octanol–water partition coefficient (Wildman–Crippen LogP) is 1.44. The highest BCUT2D eigenvalue weighted by atomic mass is 127. The van der Waals surface area contributed by atoms with E-state index in [1.807, 2.05) is 0 Å². The number of nitrogens with one attached hydrogen (secondary N) is 3. The highest BCUT2D eigenvalue weighted by Gasteiger charge is 2.07. The van der Waals surface area contributed by atoms with Crippen LogP contribution in [0.2, 0.25) is 0 Å². The number of rotatable bonds is 8. The Morgan fingerprint density at radius 1 is 1.04 bits per heavy atom. The van der Waals surface area contributed by atoms with Crippen LogP contribution in [0.25, 0.3) is 0 Å². The van der Waals surface area contributed by atoms with Gasteiger partial charge in [-0.25, -0.2) is 8.42 Å². The summed E-state index contributed by atoms with van der Waals surface area (Å²) in [6.07, 6.45) is 3.36. The third-order valence-corrected chi connectivity index (χ3v) is 4.86. The predicted molar refractivity (Wildman–Crippen MR) is 119 cm³/mol. The van der Waals surface area contributed by atoms with E-state index in [1.165, 1.54) is 12.5 Å². The zero-order valence-electron chi connectivity index (χ0n) is 15.8. The first-order valence-corrected chi connectivity index (χ1v) is 10.3. The van der Waals surface area contributed by atoms with Crippen molar-refractivity contribution in [1.82, 2.24) is 16.0 Å². The maximum atomic E-state index is 11.7. The van der Waals surface area contributed by atoms with Gasteiger partial charge in [0.05, 0.1) is 11.2 Å². The zero-order chi connectivity index (χ0) is 19.7. The minimum absolute atomic E-state index is 0. The average molecular weight is 520 g/mol. The van der Waals surface area contributed by atoms with Gasteiger partial charge in [-0.3, -0.25) is 9.79 Å². The summed E-state index contributed by atoms with van der Waals surface area (Å²) in [5, 5.41) is 9.00. The van der Waals surface area contributed by atoms with E-state index in [0.717, 1.165) is 12.0 Å². The number of aliphatic imine (C=N–C) groups is 1. The van der Waals surface area contributed by atoms with Crippen LogP contribution in [-0.4, -0.2) is 53.2 Å². The molecule has 0 bridgehead atoms. The number of benzene rings is 1. The Labute approximate surface area is 182 Å². The van der Waals surface area contributed by atoms with Crippen LogP contribution in [0.5, 0.6) is 0 Å². The first-order chi connectivity index (χ1) is 12.9. The zero-order valence-corrected chi connectivity index (χ0v) is 18.9. The molecule has 0 atom stereocenters. The molecule has 3 N–H and O–H groups in total. The molecule has 0 aliphatic rings. The van der Waals surface area contributed by atoms with Crippen molar-refractivity contribution >= 4 is 45.7 Å². The van der Waals surface area contributed by atoms with Gasteiger partial charge >= 0.3 is 0 Å². The average Bonchev–Trinajstić information content (AvgIpc) is 3.18. The second kappa shape index (κ2) is 11.7. The lowest BCUT2D eigenvalue weighted by atomic mass is 10.1. The van der Waals surface area contributed by atoms with Gasteiger partial charge in [-0.2, -0.15) is 0 Å². The van der Waals surface area contributed by atoms with E-state index in [1.54, 1.807) is 43.4 Å². The molecule has 1 aromatic heterocycles.